The van der Waals surface area contributed by atoms with Gasteiger partial charge in [-0.2, -0.15) is 4.98 Å². The number of nitrogens with zero attached hydrogens (tertiary/aromatic N) is 2. The Morgan fingerprint density at radius 2 is 2.05 bits per heavy atom. The number of aromatic nitrogens is 2. The Morgan fingerprint density at radius 1 is 1.33 bits per heavy atom. The number of carboxylic acids is 1. The average molecular weight is 284 g/mol. The van der Waals surface area contributed by atoms with Crippen molar-refractivity contribution in [3.05, 3.63) is 69.4 Å². The minimum absolute atomic E-state index is 0.301. The highest BCUT2D eigenvalue weighted by molar-refractivity contribution is 5.85. The molecule has 1 heterocycles. The lowest BCUT2D eigenvalue weighted by atomic mass is 10.1. The normalized spacial score (nSPS) is 11.0. The number of rotatable bonds is 4. The second-order valence-electron chi connectivity index (χ2n) is 4.78. The number of benzene rings is 1. The van der Waals surface area contributed by atoms with E-state index in [0.717, 1.165) is 22.9 Å². The van der Waals surface area contributed by atoms with Crippen molar-refractivity contribution in [2.24, 2.45) is 0 Å². The van der Waals surface area contributed by atoms with Gasteiger partial charge in [-0.1, -0.05) is 24.3 Å². The van der Waals surface area contributed by atoms with Gasteiger partial charge in [-0.05, 0) is 37.1 Å². The first kappa shape index (κ1) is 14.7. The average Bonchev–Trinajstić information content (AvgIpc) is 2.41. The molecule has 0 saturated carbocycles. The van der Waals surface area contributed by atoms with Crippen molar-refractivity contribution in [2.75, 3.05) is 0 Å². The Labute approximate surface area is 122 Å². The van der Waals surface area contributed by atoms with Gasteiger partial charge in [0.25, 0.3) is 0 Å². The molecular formula is C16H16N2O3. The molecule has 0 aliphatic rings. The maximum absolute atomic E-state index is 12.0. The SMILES string of the molecule is Cc1cc(C)n(Cc2ccccc2C=CC(=O)O)c(=O)n1. The van der Waals surface area contributed by atoms with E-state index in [4.69, 9.17) is 5.11 Å². The van der Waals surface area contributed by atoms with Crippen molar-refractivity contribution < 1.29 is 9.90 Å². The van der Waals surface area contributed by atoms with Crippen LogP contribution < -0.4 is 5.69 Å². The number of hydrogen-bond acceptors (Lipinski definition) is 3. The Morgan fingerprint density at radius 3 is 2.71 bits per heavy atom. The fraction of sp³-hybridized carbons (Fsp3) is 0.188. The van der Waals surface area contributed by atoms with Crippen LogP contribution in [0.4, 0.5) is 0 Å². The van der Waals surface area contributed by atoms with Crippen molar-refractivity contribution in [2.45, 2.75) is 20.4 Å². The van der Waals surface area contributed by atoms with Gasteiger partial charge in [0.05, 0.1) is 6.54 Å². The molecule has 0 aliphatic carbocycles. The summed E-state index contributed by atoms with van der Waals surface area (Å²) in [6.07, 6.45) is 2.61. The third-order valence-corrected chi connectivity index (χ3v) is 3.14. The quantitative estimate of drug-likeness (QED) is 0.872. The molecule has 2 rings (SSSR count). The molecule has 108 valence electrons. The Kier molecular flexibility index (Phi) is 4.33. The van der Waals surface area contributed by atoms with Crippen LogP contribution in [0.2, 0.25) is 0 Å². The van der Waals surface area contributed by atoms with Gasteiger partial charge in [0.1, 0.15) is 0 Å². The van der Waals surface area contributed by atoms with Gasteiger partial charge in [0.2, 0.25) is 0 Å². The topological polar surface area (TPSA) is 72.2 Å². The zero-order valence-electron chi connectivity index (χ0n) is 11.9. The summed E-state index contributed by atoms with van der Waals surface area (Å²) < 4.78 is 1.57. The van der Waals surface area contributed by atoms with E-state index in [0.29, 0.717) is 12.2 Å². The van der Waals surface area contributed by atoms with Crippen molar-refractivity contribution >= 4 is 12.0 Å². The van der Waals surface area contributed by atoms with Crippen LogP contribution in [-0.2, 0) is 11.3 Å². The molecule has 0 radical (unpaired) electrons. The Bertz CT molecular complexity index is 760. The summed E-state index contributed by atoms with van der Waals surface area (Å²) in [4.78, 5) is 26.5. The van der Waals surface area contributed by atoms with E-state index in [2.05, 4.69) is 4.98 Å². The van der Waals surface area contributed by atoms with Gasteiger partial charge < -0.3 is 5.11 Å². The molecule has 0 atom stereocenters. The van der Waals surface area contributed by atoms with Crippen LogP contribution in [0, 0.1) is 13.8 Å². The largest absolute Gasteiger partial charge is 0.478 e. The fourth-order valence-corrected chi connectivity index (χ4v) is 2.14. The first-order valence-corrected chi connectivity index (χ1v) is 6.51. The van der Waals surface area contributed by atoms with Gasteiger partial charge in [0, 0.05) is 17.5 Å². The van der Waals surface area contributed by atoms with E-state index in [1.54, 1.807) is 11.5 Å². The number of carbonyl (C=O) groups is 1. The van der Waals surface area contributed by atoms with Gasteiger partial charge in [0.15, 0.2) is 0 Å². The smallest absolute Gasteiger partial charge is 0.348 e. The van der Waals surface area contributed by atoms with Crippen LogP contribution in [0.5, 0.6) is 0 Å². The summed E-state index contributed by atoms with van der Waals surface area (Å²) in [5.41, 5.74) is 2.85. The molecule has 21 heavy (non-hydrogen) atoms. The fourth-order valence-electron chi connectivity index (χ4n) is 2.14. The highest BCUT2D eigenvalue weighted by Crippen LogP contribution is 2.13. The molecule has 5 nitrogen and oxygen atoms in total. The van der Waals surface area contributed by atoms with Crippen molar-refractivity contribution in [3.8, 4) is 0 Å². The third-order valence-electron chi connectivity index (χ3n) is 3.14. The number of hydrogen-bond donors (Lipinski definition) is 1. The highest BCUT2D eigenvalue weighted by atomic mass is 16.4. The molecule has 1 aromatic heterocycles. The van der Waals surface area contributed by atoms with Crippen LogP contribution in [-0.4, -0.2) is 20.6 Å². The van der Waals surface area contributed by atoms with Crippen molar-refractivity contribution in [3.63, 3.8) is 0 Å². The first-order valence-electron chi connectivity index (χ1n) is 6.51. The van der Waals surface area contributed by atoms with Crippen LogP contribution in [0.15, 0.2) is 41.2 Å². The molecule has 5 heteroatoms. The second-order valence-corrected chi connectivity index (χ2v) is 4.78. The minimum atomic E-state index is -1.00. The summed E-state index contributed by atoms with van der Waals surface area (Å²) in [7, 11) is 0. The molecule has 2 aromatic rings. The van der Waals surface area contributed by atoms with Crippen LogP contribution in [0.1, 0.15) is 22.5 Å². The first-order chi connectivity index (χ1) is 9.97. The van der Waals surface area contributed by atoms with Gasteiger partial charge in [-0.3, -0.25) is 4.57 Å². The second kappa shape index (κ2) is 6.17. The number of carboxylic acid groups (broad SMARTS) is 1. The lowest BCUT2D eigenvalue weighted by Crippen LogP contribution is -2.26. The van der Waals surface area contributed by atoms with Crippen LogP contribution in [0.25, 0.3) is 6.08 Å². The predicted molar refractivity (Wildman–Crippen MR) is 80.2 cm³/mol. The molecule has 0 amide bonds. The monoisotopic (exact) mass is 284 g/mol. The summed E-state index contributed by atoms with van der Waals surface area (Å²) in [6, 6.07) is 9.21. The van der Waals surface area contributed by atoms with Crippen molar-refractivity contribution in [1.29, 1.82) is 0 Å². The van der Waals surface area contributed by atoms with Gasteiger partial charge in [-0.15, -0.1) is 0 Å². The molecule has 0 bridgehead atoms. The summed E-state index contributed by atoms with van der Waals surface area (Å²) in [5.74, 6) is -1.00. The molecular weight excluding hydrogens is 268 g/mol. The molecule has 0 spiro atoms. The Balaban J connectivity index is 2.41. The van der Waals surface area contributed by atoms with E-state index >= 15 is 0 Å². The number of aliphatic carboxylic acids is 1. The maximum Gasteiger partial charge on any atom is 0.348 e. The van der Waals surface area contributed by atoms with Crippen LogP contribution >= 0.6 is 0 Å². The molecule has 1 N–H and O–H groups in total. The third kappa shape index (κ3) is 3.66. The highest BCUT2D eigenvalue weighted by Gasteiger charge is 2.06. The van der Waals surface area contributed by atoms with E-state index in [1.807, 2.05) is 37.3 Å². The lowest BCUT2D eigenvalue weighted by molar-refractivity contribution is -0.131. The molecule has 0 unspecified atom stereocenters. The summed E-state index contributed by atoms with van der Waals surface area (Å²) in [5, 5.41) is 8.72. The van der Waals surface area contributed by atoms with Crippen molar-refractivity contribution in [1.82, 2.24) is 9.55 Å². The van der Waals surface area contributed by atoms with E-state index < -0.39 is 5.97 Å². The molecule has 1 aromatic carbocycles. The summed E-state index contributed by atoms with van der Waals surface area (Å²) in [6.45, 7) is 3.99. The Hall–Kier alpha value is -2.69. The zero-order chi connectivity index (χ0) is 15.4. The zero-order valence-corrected chi connectivity index (χ0v) is 11.9. The minimum Gasteiger partial charge on any atom is -0.478 e. The molecule has 0 saturated heterocycles. The maximum atomic E-state index is 12.0. The predicted octanol–water partition coefficient (Wildman–Crippen LogP) is 2.01. The van der Waals surface area contributed by atoms with E-state index in [-0.39, 0.29) is 5.69 Å². The summed E-state index contributed by atoms with van der Waals surface area (Å²) >= 11 is 0. The standard InChI is InChI=1S/C16H16N2O3/c1-11-9-12(2)18(16(21)17-11)10-14-6-4-3-5-13(14)7-8-15(19)20/h3-9H,10H2,1-2H3,(H,19,20). The van der Waals surface area contributed by atoms with E-state index in [1.165, 1.54) is 6.08 Å². The van der Waals surface area contributed by atoms with Crippen LogP contribution in [0.3, 0.4) is 0 Å². The van der Waals surface area contributed by atoms with Gasteiger partial charge >= 0.3 is 11.7 Å². The van der Waals surface area contributed by atoms with Gasteiger partial charge in [-0.25, -0.2) is 9.59 Å². The number of aryl methyl sites for hydroxylation is 2. The lowest BCUT2D eigenvalue weighted by Gasteiger charge is -2.11. The molecule has 0 fully saturated rings. The van der Waals surface area contributed by atoms with E-state index in [9.17, 15) is 9.59 Å². The molecule has 0 aliphatic heterocycles.